The van der Waals surface area contributed by atoms with Gasteiger partial charge in [0, 0.05) is 28.4 Å². The van der Waals surface area contributed by atoms with Gasteiger partial charge in [-0.25, -0.2) is 19.2 Å². The highest BCUT2D eigenvalue weighted by Gasteiger charge is 2.22. The Morgan fingerprint density at radius 3 is 2.44 bits per heavy atom. The third-order valence-electron chi connectivity index (χ3n) is 3.53. The van der Waals surface area contributed by atoms with E-state index in [1.807, 2.05) is 0 Å². The molecule has 0 bridgehead atoms. The van der Waals surface area contributed by atoms with Crippen LogP contribution < -0.4 is 5.84 Å². The average Bonchev–Trinajstić information content (AvgIpc) is 2.59. The van der Waals surface area contributed by atoms with Gasteiger partial charge in [-0.3, -0.25) is 9.78 Å². The van der Waals surface area contributed by atoms with Crippen molar-refractivity contribution >= 4 is 38.4 Å². The van der Waals surface area contributed by atoms with E-state index in [1.165, 1.54) is 6.07 Å². The van der Waals surface area contributed by atoms with Crippen molar-refractivity contribution in [2.75, 3.05) is 6.26 Å². The topological polar surface area (TPSA) is 106 Å². The lowest BCUT2D eigenvalue weighted by Crippen LogP contribution is -2.42. The molecule has 1 aromatic carbocycles. The van der Waals surface area contributed by atoms with Gasteiger partial charge in [0.15, 0.2) is 0 Å². The highest BCUT2D eigenvalue weighted by atomic mass is 35.5. The molecule has 3 aromatic rings. The predicted octanol–water partition coefficient (Wildman–Crippen LogP) is 2.23. The van der Waals surface area contributed by atoms with E-state index in [4.69, 9.17) is 17.4 Å². The zero-order valence-electron chi connectivity index (χ0n) is 13.0. The molecule has 0 unspecified atom stereocenters. The van der Waals surface area contributed by atoms with Gasteiger partial charge in [0.1, 0.15) is 5.69 Å². The molecule has 25 heavy (non-hydrogen) atoms. The Bertz CT molecular complexity index is 1070. The molecule has 2 heterocycles. The number of carbonyl (C=O) groups is 1. The zero-order valence-corrected chi connectivity index (χ0v) is 14.6. The third-order valence-corrected chi connectivity index (χ3v) is 4.66. The Morgan fingerprint density at radius 1 is 1.12 bits per heavy atom. The van der Waals surface area contributed by atoms with Gasteiger partial charge >= 0.3 is 0 Å². The number of fused-ring (bicyclic) bond motifs is 1. The Labute approximate surface area is 149 Å². The molecule has 0 radical (unpaired) electrons. The summed E-state index contributed by atoms with van der Waals surface area (Å²) in [5, 5.41) is 1.29. The normalized spacial score (nSPS) is 11.5. The number of pyridine rings is 2. The molecular weight excluding hydrogens is 364 g/mol. The second-order valence-corrected chi connectivity index (χ2v) is 7.62. The summed E-state index contributed by atoms with van der Waals surface area (Å²) < 4.78 is 23.1. The molecule has 0 saturated carbocycles. The molecule has 128 valence electrons. The fraction of sp³-hybridized carbons (Fsp3) is 0.0625. The summed E-state index contributed by atoms with van der Waals surface area (Å²) in [5.41, 5.74) is 1.92. The van der Waals surface area contributed by atoms with Gasteiger partial charge in [0.2, 0.25) is 10.0 Å². The van der Waals surface area contributed by atoms with Crippen LogP contribution >= 0.6 is 11.6 Å². The molecule has 1 amide bonds. The molecule has 0 aliphatic carbocycles. The van der Waals surface area contributed by atoms with Gasteiger partial charge in [-0.05, 0) is 29.8 Å². The van der Waals surface area contributed by atoms with Crippen LogP contribution in [0.3, 0.4) is 0 Å². The highest BCUT2D eigenvalue weighted by molar-refractivity contribution is 7.88. The van der Waals surface area contributed by atoms with E-state index < -0.39 is 15.9 Å². The molecule has 3 rings (SSSR count). The van der Waals surface area contributed by atoms with E-state index in [2.05, 4.69) is 9.97 Å². The third kappa shape index (κ3) is 3.46. The van der Waals surface area contributed by atoms with Crippen molar-refractivity contribution in [3.63, 3.8) is 0 Å². The van der Waals surface area contributed by atoms with Crippen LogP contribution in [-0.4, -0.2) is 35.0 Å². The van der Waals surface area contributed by atoms with Gasteiger partial charge < -0.3 is 0 Å². The van der Waals surface area contributed by atoms with Gasteiger partial charge in [-0.2, -0.15) is 4.41 Å². The van der Waals surface area contributed by atoms with E-state index in [-0.39, 0.29) is 10.1 Å². The molecule has 0 aliphatic heterocycles. The summed E-state index contributed by atoms with van der Waals surface area (Å²) in [6.07, 6.45) is 4.06. The smallest absolute Gasteiger partial charge is 0.265 e. The Balaban J connectivity index is 2.15. The van der Waals surface area contributed by atoms with Crippen LogP contribution in [0.25, 0.3) is 22.0 Å². The number of carbonyl (C=O) groups excluding carboxylic acids is 1. The second-order valence-electron chi connectivity index (χ2n) is 5.33. The van der Waals surface area contributed by atoms with Crippen molar-refractivity contribution in [1.29, 1.82) is 0 Å². The first kappa shape index (κ1) is 17.3. The van der Waals surface area contributed by atoms with E-state index >= 15 is 0 Å². The predicted molar refractivity (Wildman–Crippen MR) is 95.2 cm³/mol. The number of nitrogens with two attached hydrogens (primary N) is 1. The lowest BCUT2D eigenvalue weighted by Gasteiger charge is -2.14. The quantitative estimate of drug-likeness (QED) is 0.426. The van der Waals surface area contributed by atoms with Crippen molar-refractivity contribution in [3.05, 3.63) is 59.5 Å². The van der Waals surface area contributed by atoms with E-state index in [0.717, 1.165) is 11.8 Å². The van der Waals surface area contributed by atoms with Crippen LogP contribution in [0.1, 0.15) is 10.5 Å². The maximum atomic E-state index is 12.3. The lowest BCUT2D eigenvalue weighted by atomic mass is 10.0. The van der Waals surface area contributed by atoms with Crippen LogP contribution in [0.15, 0.2) is 48.8 Å². The number of nitrogens with zero attached hydrogens (tertiary/aromatic N) is 3. The number of benzene rings is 1. The summed E-state index contributed by atoms with van der Waals surface area (Å²) in [6, 6.07) is 10.1. The van der Waals surface area contributed by atoms with Crippen molar-refractivity contribution in [2.45, 2.75) is 0 Å². The molecule has 7 nitrogen and oxygen atoms in total. The lowest BCUT2D eigenvalue weighted by molar-refractivity contribution is 0.0857. The largest absolute Gasteiger partial charge is 0.300 e. The molecule has 0 fully saturated rings. The SMILES string of the molecule is CS(=O)(=O)N(N)C(=O)c1ccc2cncc(-c3ccc(Cl)cc3)c2n1. The molecule has 9 heteroatoms. The molecule has 0 saturated heterocycles. The van der Waals surface area contributed by atoms with Crippen LogP contribution in [0, 0.1) is 0 Å². The average molecular weight is 377 g/mol. The van der Waals surface area contributed by atoms with Crippen LogP contribution in [0.2, 0.25) is 5.02 Å². The summed E-state index contributed by atoms with van der Waals surface area (Å²) in [5.74, 6) is 4.45. The summed E-state index contributed by atoms with van der Waals surface area (Å²) in [6.45, 7) is 0. The highest BCUT2D eigenvalue weighted by Crippen LogP contribution is 2.27. The van der Waals surface area contributed by atoms with Gasteiger partial charge in [0.25, 0.3) is 5.91 Å². The zero-order chi connectivity index (χ0) is 18.2. The summed E-state index contributed by atoms with van der Waals surface area (Å²) >= 11 is 5.91. The number of hydrogen-bond donors (Lipinski definition) is 1. The monoisotopic (exact) mass is 376 g/mol. The van der Waals surface area contributed by atoms with Crippen molar-refractivity contribution in [1.82, 2.24) is 14.4 Å². The molecule has 0 spiro atoms. The number of aromatic nitrogens is 2. The van der Waals surface area contributed by atoms with Crippen LogP contribution in [0.5, 0.6) is 0 Å². The number of hydrazine groups is 1. The second kappa shape index (κ2) is 6.40. The summed E-state index contributed by atoms with van der Waals surface area (Å²) in [7, 11) is -3.88. The molecule has 0 aliphatic rings. The molecule has 2 N–H and O–H groups in total. The van der Waals surface area contributed by atoms with Gasteiger partial charge in [-0.15, -0.1) is 0 Å². The minimum atomic E-state index is -3.88. The maximum Gasteiger partial charge on any atom is 0.300 e. The number of amides is 1. The fourth-order valence-corrected chi connectivity index (χ4v) is 2.79. The minimum Gasteiger partial charge on any atom is -0.265 e. The number of sulfonamides is 1. The minimum absolute atomic E-state index is 0.0816. The number of rotatable bonds is 3. The molecule has 0 atom stereocenters. The summed E-state index contributed by atoms with van der Waals surface area (Å²) in [4.78, 5) is 20.7. The fourth-order valence-electron chi connectivity index (χ4n) is 2.27. The molecule has 2 aromatic heterocycles. The Hall–Kier alpha value is -2.55. The first-order valence-electron chi connectivity index (χ1n) is 7.07. The van der Waals surface area contributed by atoms with Crippen LogP contribution in [-0.2, 0) is 10.0 Å². The Kier molecular flexibility index (Phi) is 4.42. The van der Waals surface area contributed by atoms with Gasteiger partial charge in [0.05, 0.1) is 11.8 Å². The van der Waals surface area contributed by atoms with Crippen molar-refractivity contribution in [2.24, 2.45) is 5.84 Å². The first-order valence-corrected chi connectivity index (χ1v) is 9.30. The van der Waals surface area contributed by atoms with E-state index in [1.54, 1.807) is 42.7 Å². The number of halogens is 1. The van der Waals surface area contributed by atoms with E-state index in [9.17, 15) is 13.2 Å². The number of hydrogen-bond acceptors (Lipinski definition) is 6. The Morgan fingerprint density at radius 2 is 1.80 bits per heavy atom. The van der Waals surface area contributed by atoms with Gasteiger partial charge in [-0.1, -0.05) is 23.7 Å². The van der Waals surface area contributed by atoms with E-state index in [0.29, 0.717) is 21.5 Å². The first-order chi connectivity index (χ1) is 11.8. The maximum absolute atomic E-state index is 12.3. The van der Waals surface area contributed by atoms with Crippen molar-refractivity contribution in [3.8, 4) is 11.1 Å². The van der Waals surface area contributed by atoms with Crippen LogP contribution in [0.4, 0.5) is 0 Å². The standard InChI is InChI=1S/C16H13ClN4O3S/c1-25(23,24)21(18)16(22)14-7-4-11-8-19-9-13(15(11)20-14)10-2-5-12(17)6-3-10/h2-9H,18H2,1H3. The van der Waals surface area contributed by atoms with Crippen molar-refractivity contribution < 1.29 is 13.2 Å². The molecular formula is C16H13ClN4O3S.